The van der Waals surface area contributed by atoms with E-state index in [1.165, 1.54) is 0 Å². The summed E-state index contributed by atoms with van der Waals surface area (Å²) in [7, 11) is 0. The second kappa shape index (κ2) is 9.12. The molecular weight excluding hydrogens is 336 g/mol. The highest BCUT2D eigenvalue weighted by atomic mass is 17.3. The molecule has 26 heavy (non-hydrogen) atoms. The van der Waals surface area contributed by atoms with E-state index in [4.69, 9.17) is 19.6 Å². The van der Waals surface area contributed by atoms with Crippen molar-refractivity contribution in [3.05, 3.63) is 84.0 Å². The standard InChI is InChI=1S/C20H20O6/c1-13(2)20(25-23-18(21)16-11-7-5-9-14(16)3)26-24-19(22)17-12-8-6-10-15(17)4/h5-13H,1H2,2-4H3. The molecular formula is C20H20O6. The molecule has 1 unspecified atom stereocenters. The van der Waals surface area contributed by atoms with Gasteiger partial charge in [-0.3, -0.25) is 9.78 Å². The average molecular weight is 356 g/mol. The minimum absolute atomic E-state index is 0.256. The molecule has 0 aromatic heterocycles. The third kappa shape index (κ3) is 5.15. The zero-order valence-electron chi connectivity index (χ0n) is 14.9. The van der Waals surface area contributed by atoms with Gasteiger partial charge in [-0.05, 0) is 44.0 Å². The number of rotatable bonds is 7. The van der Waals surface area contributed by atoms with Gasteiger partial charge in [-0.2, -0.15) is 0 Å². The number of carbonyl (C=O) groups is 2. The van der Waals surface area contributed by atoms with Crippen LogP contribution in [0.3, 0.4) is 0 Å². The summed E-state index contributed by atoms with van der Waals surface area (Å²) < 4.78 is 0. The second-order valence-corrected chi connectivity index (χ2v) is 5.76. The van der Waals surface area contributed by atoms with Crippen molar-refractivity contribution in [3.8, 4) is 0 Å². The van der Waals surface area contributed by atoms with E-state index in [0.29, 0.717) is 11.1 Å². The summed E-state index contributed by atoms with van der Waals surface area (Å²) in [5.74, 6) is -1.96. The largest absolute Gasteiger partial charge is 0.373 e. The number of hydrogen-bond acceptors (Lipinski definition) is 6. The molecule has 2 rings (SSSR count). The molecule has 2 aromatic rings. The molecule has 6 heteroatoms. The summed E-state index contributed by atoms with van der Waals surface area (Å²) in [6.45, 7) is 8.87. The summed E-state index contributed by atoms with van der Waals surface area (Å²) in [6, 6.07) is 13.8. The van der Waals surface area contributed by atoms with Crippen LogP contribution >= 0.6 is 0 Å². The molecule has 0 spiro atoms. The molecule has 136 valence electrons. The van der Waals surface area contributed by atoms with Gasteiger partial charge in [0.05, 0.1) is 11.1 Å². The second-order valence-electron chi connectivity index (χ2n) is 5.76. The molecule has 0 aliphatic carbocycles. The topological polar surface area (TPSA) is 71.1 Å². The molecule has 0 N–H and O–H groups in total. The number of aryl methyl sites for hydroxylation is 2. The van der Waals surface area contributed by atoms with Gasteiger partial charge < -0.3 is 0 Å². The van der Waals surface area contributed by atoms with Crippen molar-refractivity contribution in [3.63, 3.8) is 0 Å². The Morgan fingerprint density at radius 1 is 0.769 bits per heavy atom. The molecule has 0 aliphatic heterocycles. The predicted octanol–water partition coefficient (Wildman–Crippen LogP) is 4.14. The van der Waals surface area contributed by atoms with Crippen molar-refractivity contribution in [2.75, 3.05) is 0 Å². The Kier molecular flexibility index (Phi) is 6.89. The first kappa shape index (κ1) is 19.6. The van der Waals surface area contributed by atoms with E-state index < -0.39 is 17.9 Å². The molecule has 1 atom stereocenters. The molecule has 0 saturated carbocycles. The van der Waals surface area contributed by atoms with Gasteiger partial charge >= 0.3 is 18.2 Å². The Morgan fingerprint density at radius 2 is 1.15 bits per heavy atom. The summed E-state index contributed by atoms with van der Waals surface area (Å²) in [4.78, 5) is 43.4. The summed E-state index contributed by atoms with van der Waals surface area (Å²) in [5, 5.41) is 0. The molecule has 0 heterocycles. The first-order valence-electron chi connectivity index (χ1n) is 7.99. The van der Waals surface area contributed by atoms with Crippen LogP contribution < -0.4 is 0 Å². The van der Waals surface area contributed by atoms with E-state index in [9.17, 15) is 9.59 Å². The molecule has 0 aliphatic rings. The van der Waals surface area contributed by atoms with Crippen LogP contribution in [0.4, 0.5) is 0 Å². The van der Waals surface area contributed by atoms with Crippen molar-refractivity contribution in [2.45, 2.75) is 20.8 Å². The molecule has 2 aromatic carbocycles. The van der Waals surface area contributed by atoms with Crippen LogP contribution in [0.15, 0.2) is 48.5 Å². The Labute approximate surface area is 152 Å². The van der Waals surface area contributed by atoms with Crippen LogP contribution in [0, 0.1) is 33.0 Å². The van der Waals surface area contributed by atoms with Crippen molar-refractivity contribution in [1.82, 2.24) is 0 Å². The van der Waals surface area contributed by atoms with Crippen molar-refractivity contribution >= 4 is 11.9 Å². The summed E-state index contributed by atoms with van der Waals surface area (Å²) in [5.41, 5.74) is 2.16. The van der Waals surface area contributed by atoms with Crippen molar-refractivity contribution < 1.29 is 29.1 Å². The minimum atomic E-state index is -0.699. The third-order valence-electron chi connectivity index (χ3n) is 3.53. The maximum Gasteiger partial charge on any atom is 0.373 e. The number of hydrogen-bond donors (Lipinski definition) is 0. The Hall–Kier alpha value is -2.70. The van der Waals surface area contributed by atoms with E-state index in [2.05, 4.69) is 6.92 Å². The molecule has 6 nitrogen and oxygen atoms in total. The van der Waals surface area contributed by atoms with Crippen molar-refractivity contribution in [1.29, 1.82) is 0 Å². The van der Waals surface area contributed by atoms with Crippen LogP contribution in [0.1, 0.15) is 38.8 Å². The highest BCUT2D eigenvalue weighted by molar-refractivity contribution is 5.91. The average Bonchev–Trinajstić information content (AvgIpc) is 2.61. The highest BCUT2D eigenvalue weighted by Gasteiger charge is 2.25. The number of carbonyl (C=O) groups excluding carboxylic acids is 2. The first-order valence-corrected chi connectivity index (χ1v) is 7.99. The summed E-state index contributed by atoms with van der Waals surface area (Å²) in [6.07, 6.45) is -0.256. The Balaban J connectivity index is 1.93. The van der Waals surface area contributed by atoms with E-state index >= 15 is 0 Å². The Morgan fingerprint density at radius 3 is 1.50 bits per heavy atom. The lowest BCUT2D eigenvalue weighted by molar-refractivity contribution is -0.369. The van der Waals surface area contributed by atoms with Gasteiger partial charge in [0.2, 0.25) is 0 Å². The predicted molar refractivity (Wildman–Crippen MR) is 93.1 cm³/mol. The van der Waals surface area contributed by atoms with E-state index in [1.54, 1.807) is 69.3 Å². The Bertz CT molecular complexity index is 707. The van der Waals surface area contributed by atoms with Crippen molar-refractivity contribution in [2.24, 2.45) is 5.92 Å². The fraction of sp³-hybridized carbons (Fsp3) is 0.200. The van der Waals surface area contributed by atoms with E-state index in [-0.39, 0.29) is 6.29 Å². The zero-order valence-corrected chi connectivity index (χ0v) is 14.9. The van der Waals surface area contributed by atoms with Gasteiger partial charge in [0.1, 0.15) is 0 Å². The van der Waals surface area contributed by atoms with Crippen LogP contribution in [0.2, 0.25) is 0 Å². The van der Waals surface area contributed by atoms with Gasteiger partial charge in [0.25, 0.3) is 0 Å². The lowest BCUT2D eigenvalue weighted by Gasteiger charge is -2.16. The number of benzene rings is 2. The monoisotopic (exact) mass is 356 g/mol. The van der Waals surface area contributed by atoms with Crippen LogP contribution in [-0.2, 0) is 19.6 Å². The van der Waals surface area contributed by atoms with Gasteiger partial charge in [0.15, 0.2) is 0 Å². The zero-order chi connectivity index (χ0) is 19.1. The molecule has 0 amide bonds. The maximum absolute atomic E-state index is 12.1. The van der Waals surface area contributed by atoms with Crippen LogP contribution in [0.5, 0.6) is 0 Å². The fourth-order valence-corrected chi connectivity index (χ4v) is 2.03. The first-order chi connectivity index (χ1) is 12.4. The molecule has 0 fully saturated rings. The van der Waals surface area contributed by atoms with Gasteiger partial charge in [-0.1, -0.05) is 43.3 Å². The third-order valence-corrected chi connectivity index (χ3v) is 3.53. The van der Waals surface area contributed by atoms with Crippen LogP contribution in [-0.4, -0.2) is 11.9 Å². The van der Waals surface area contributed by atoms with E-state index in [0.717, 1.165) is 11.1 Å². The maximum atomic E-state index is 12.1. The van der Waals surface area contributed by atoms with Gasteiger partial charge in [0, 0.05) is 5.92 Å². The smallest absolute Gasteiger partial charge is 0.289 e. The van der Waals surface area contributed by atoms with E-state index in [1.807, 2.05) is 0 Å². The van der Waals surface area contributed by atoms with Gasteiger partial charge in [-0.25, -0.2) is 9.59 Å². The molecule has 0 bridgehead atoms. The summed E-state index contributed by atoms with van der Waals surface area (Å²) >= 11 is 0. The highest BCUT2D eigenvalue weighted by Crippen LogP contribution is 2.20. The lowest BCUT2D eigenvalue weighted by Crippen LogP contribution is -2.20. The lowest BCUT2D eigenvalue weighted by atomic mass is 10.1. The SMILES string of the molecule is [CH2]C(C)[C](OOC(=O)c1ccccc1C)OOC(=O)c1ccccc1C. The minimum Gasteiger partial charge on any atom is -0.289 e. The van der Waals surface area contributed by atoms with Gasteiger partial charge in [-0.15, -0.1) is 9.78 Å². The quantitative estimate of drug-likeness (QED) is 0.548. The molecule has 0 saturated heterocycles. The molecule has 2 radical (unpaired) electrons. The normalized spacial score (nSPS) is 10.8. The van der Waals surface area contributed by atoms with Crippen LogP contribution in [0.25, 0.3) is 0 Å². The fourth-order valence-electron chi connectivity index (χ4n) is 2.03.